The van der Waals surface area contributed by atoms with Gasteiger partial charge in [-0.1, -0.05) is 85.4 Å². The van der Waals surface area contributed by atoms with Gasteiger partial charge in [0.05, 0.1) is 11.4 Å². The Balaban J connectivity index is 1.77. The molecule has 0 N–H and O–H groups in total. The number of hydrogen-bond acceptors (Lipinski definition) is 1. The molecule has 2 nitrogen and oxygen atoms in total. The van der Waals surface area contributed by atoms with Crippen LogP contribution in [0.3, 0.4) is 0 Å². The van der Waals surface area contributed by atoms with E-state index in [2.05, 4.69) is 62.7 Å². The average molecular weight is 411 g/mol. The van der Waals surface area contributed by atoms with E-state index in [9.17, 15) is 0 Å². The Morgan fingerprint density at radius 2 is 1.41 bits per heavy atom. The van der Waals surface area contributed by atoms with Gasteiger partial charge in [0.15, 0.2) is 0 Å². The summed E-state index contributed by atoms with van der Waals surface area (Å²) in [5.74, 6) is 0. The number of rotatable bonds is 4. The van der Waals surface area contributed by atoms with E-state index in [0.29, 0.717) is 0 Å². The SMILES string of the molecule is Cc1cc(C(C)(C)C)nn1-c1ccccc1P(C1CCCCC1)C1CCCCC1. The number of aryl methyl sites for hydroxylation is 1. The van der Waals surface area contributed by atoms with E-state index in [1.165, 1.54) is 81.3 Å². The lowest BCUT2D eigenvalue weighted by Crippen LogP contribution is -2.28. The molecule has 1 aromatic heterocycles. The second-order valence-electron chi connectivity index (χ2n) is 10.3. The first-order valence-electron chi connectivity index (χ1n) is 11.9. The number of aromatic nitrogens is 2. The van der Waals surface area contributed by atoms with Gasteiger partial charge >= 0.3 is 0 Å². The van der Waals surface area contributed by atoms with Gasteiger partial charge in [-0.25, -0.2) is 4.68 Å². The molecule has 2 aliphatic carbocycles. The van der Waals surface area contributed by atoms with Gasteiger partial charge in [-0.3, -0.25) is 0 Å². The minimum absolute atomic E-state index is 0.0857. The summed E-state index contributed by atoms with van der Waals surface area (Å²) in [6.07, 6.45) is 14.4. The quantitative estimate of drug-likeness (QED) is 0.485. The van der Waals surface area contributed by atoms with Gasteiger partial charge in [-0.15, -0.1) is 0 Å². The molecule has 2 aromatic rings. The number of nitrogens with zero attached hydrogens (tertiary/aromatic N) is 2. The molecule has 0 aliphatic heterocycles. The molecule has 3 heteroatoms. The van der Waals surface area contributed by atoms with Crippen LogP contribution in [0.5, 0.6) is 0 Å². The van der Waals surface area contributed by atoms with Crippen LogP contribution in [-0.4, -0.2) is 21.1 Å². The Hall–Kier alpha value is -1.14. The summed E-state index contributed by atoms with van der Waals surface area (Å²) in [7, 11) is -0.129. The zero-order valence-corrected chi connectivity index (χ0v) is 19.8. The molecule has 0 atom stereocenters. The first kappa shape index (κ1) is 21.1. The van der Waals surface area contributed by atoms with Crippen LogP contribution in [-0.2, 0) is 5.41 Å². The highest BCUT2D eigenvalue weighted by atomic mass is 31.1. The van der Waals surface area contributed by atoms with Gasteiger partial charge in [0.2, 0.25) is 0 Å². The largest absolute Gasteiger partial charge is 0.237 e. The highest BCUT2D eigenvalue weighted by Gasteiger charge is 2.34. The summed E-state index contributed by atoms with van der Waals surface area (Å²) in [5.41, 5.74) is 5.75. The topological polar surface area (TPSA) is 17.8 Å². The van der Waals surface area contributed by atoms with Crippen molar-refractivity contribution in [3.8, 4) is 5.69 Å². The van der Waals surface area contributed by atoms with E-state index >= 15 is 0 Å². The van der Waals surface area contributed by atoms with Crippen molar-refractivity contribution in [2.24, 2.45) is 0 Å². The number of benzene rings is 1. The summed E-state index contributed by atoms with van der Waals surface area (Å²) >= 11 is 0. The van der Waals surface area contributed by atoms with Crippen LogP contribution in [0, 0.1) is 6.92 Å². The minimum atomic E-state index is -0.129. The van der Waals surface area contributed by atoms with Crippen molar-refractivity contribution in [2.45, 2.75) is 109 Å². The highest BCUT2D eigenvalue weighted by Crippen LogP contribution is 2.55. The number of para-hydroxylation sites is 1. The van der Waals surface area contributed by atoms with Crippen LogP contribution in [0.25, 0.3) is 5.69 Å². The van der Waals surface area contributed by atoms with Crippen molar-refractivity contribution in [2.75, 3.05) is 0 Å². The van der Waals surface area contributed by atoms with E-state index in [4.69, 9.17) is 5.10 Å². The fraction of sp³-hybridized carbons (Fsp3) is 0.654. The van der Waals surface area contributed by atoms with Crippen molar-refractivity contribution in [3.63, 3.8) is 0 Å². The molecule has 2 aliphatic rings. The van der Waals surface area contributed by atoms with Gasteiger partial charge in [-0.2, -0.15) is 5.10 Å². The van der Waals surface area contributed by atoms with E-state index in [0.717, 1.165) is 11.3 Å². The second kappa shape index (κ2) is 8.93. The molecular formula is C26H39N2P. The van der Waals surface area contributed by atoms with Crippen molar-refractivity contribution in [1.82, 2.24) is 9.78 Å². The third-order valence-electron chi connectivity index (χ3n) is 6.98. The van der Waals surface area contributed by atoms with Crippen LogP contribution in [0.2, 0.25) is 0 Å². The summed E-state index contributed by atoms with van der Waals surface area (Å²) in [4.78, 5) is 0. The van der Waals surface area contributed by atoms with Crippen LogP contribution in [0.1, 0.15) is 96.4 Å². The van der Waals surface area contributed by atoms with E-state index < -0.39 is 0 Å². The first-order chi connectivity index (χ1) is 13.9. The third kappa shape index (κ3) is 4.63. The molecule has 0 saturated heterocycles. The molecule has 0 amide bonds. The molecule has 29 heavy (non-hydrogen) atoms. The molecule has 1 aromatic carbocycles. The molecule has 0 spiro atoms. The predicted octanol–water partition coefficient (Wildman–Crippen LogP) is 7.25. The lowest BCUT2D eigenvalue weighted by atomic mass is 9.92. The molecular weight excluding hydrogens is 371 g/mol. The Bertz CT molecular complexity index is 786. The van der Waals surface area contributed by atoms with Gasteiger partial charge in [0.25, 0.3) is 0 Å². The van der Waals surface area contributed by atoms with Gasteiger partial charge in [0, 0.05) is 16.4 Å². The molecule has 0 unspecified atom stereocenters. The highest BCUT2D eigenvalue weighted by molar-refractivity contribution is 7.67. The molecule has 158 valence electrons. The van der Waals surface area contributed by atoms with Crippen LogP contribution in [0.4, 0.5) is 0 Å². The molecule has 0 bridgehead atoms. The lowest BCUT2D eigenvalue weighted by molar-refractivity contribution is 0.487. The molecule has 4 rings (SSSR count). The third-order valence-corrected chi connectivity index (χ3v) is 10.5. The average Bonchev–Trinajstić information content (AvgIpc) is 3.12. The summed E-state index contributed by atoms with van der Waals surface area (Å²) in [6, 6.07) is 11.6. The van der Waals surface area contributed by atoms with E-state index in [-0.39, 0.29) is 13.3 Å². The fourth-order valence-electron chi connectivity index (χ4n) is 5.36. The Kier molecular flexibility index (Phi) is 6.50. The van der Waals surface area contributed by atoms with Crippen molar-refractivity contribution >= 4 is 13.2 Å². The summed E-state index contributed by atoms with van der Waals surface area (Å²) < 4.78 is 2.26. The Morgan fingerprint density at radius 3 is 1.93 bits per heavy atom. The Labute approximate surface area is 179 Å². The van der Waals surface area contributed by atoms with Crippen molar-refractivity contribution in [3.05, 3.63) is 41.7 Å². The fourth-order valence-corrected chi connectivity index (χ4v) is 9.27. The maximum atomic E-state index is 5.11. The van der Waals surface area contributed by atoms with E-state index in [1.807, 2.05) is 0 Å². The molecule has 2 saturated carbocycles. The van der Waals surface area contributed by atoms with E-state index in [1.54, 1.807) is 5.30 Å². The predicted molar refractivity (Wildman–Crippen MR) is 127 cm³/mol. The first-order valence-corrected chi connectivity index (χ1v) is 13.4. The molecule has 0 radical (unpaired) electrons. The van der Waals surface area contributed by atoms with Crippen LogP contribution < -0.4 is 5.30 Å². The second-order valence-corrected chi connectivity index (χ2v) is 13.1. The van der Waals surface area contributed by atoms with Crippen LogP contribution >= 0.6 is 7.92 Å². The standard InChI is InChI=1S/C26H39N2P/c1-20-19-25(26(2,3)4)27-28(20)23-17-11-12-18-24(23)29(21-13-7-5-8-14-21)22-15-9-6-10-16-22/h11-12,17-19,21-22H,5-10,13-16H2,1-4H3. The maximum Gasteiger partial charge on any atom is 0.0725 e. The van der Waals surface area contributed by atoms with Gasteiger partial charge in [-0.05, 0) is 56.1 Å². The lowest BCUT2D eigenvalue weighted by Gasteiger charge is -2.39. The minimum Gasteiger partial charge on any atom is -0.237 e. The summed E-state index contributed by atoms with van der Waals surface area (Å²) in [5, 5.41) is 6.74. The maximum absolute atomic E-state index is 5.11. The zero-order valence-electron chi connectivity index (χ0n) is 19.0. The van der Waals surface area contributed by atoms with Crippen LogP contribution in [0.15, 0.2) is 30.3 Å². The zero-order chi connectivity index (χ0) is 20.4. The summed E-state index contributed by atoms with van der Waals surface area (Å²) in [6.45, 7) is 9.02. The Morgan fingerprint density at radius 1 is 0.862 bits per heavy atom. The van der Waals surface area contributed by atoms with Gasteiger partial charge < -0.3 is 0 Å². The van der Waals surface area contributed by atoms with Gasteiger partial charge in [0.1, 0.15) is 0 Å². The molecule has 1 heterocycles. The smallest absolute Gasteiger partial charge is 0.0725 e. The normalized spacial score (nSPS) is 19.8. The number of hydrogen-bond donors (Lipinski definition) is 0. The van der Waals surface area contributed by atoms with Crippen molar-refractivity contribution in [1.29, 1.82) is 0 Å². The van der Waals surface area contributed by atoms with Crippen molar-refractivity contribution < 1.29 is 0 Å². The monoisotopic (exact) mass is 410 g/mol. The molecule has 2 fully saturated rings.